The van der Waals surface area contributed by atoms with Crippen molar-refractivity contribution in [3.8, 4) is 11.3 Å². The maximum atomic E-state index is 11.6. The van der Waals surface area contributed by atoms with Gasteiger partial charge in [-0.2, -0.15) is 0 Å². The quantitative estimate of drug-likeness (QED) is 0.840. The van der Waals surface area contributed by atoms with Crippen LogP contribution in [-0.2, 0) is 6.54 Å². The summed E-state index contributed by atoms with van der Waals surface area (Å²) in [5, 5.41) is 2.82. The summed E-state index contributed by atoms with van der Waals surface area (Å²) >= 11 is 0. The Hall–Kier alpha value is -2.56. The van der Waals surface area contributed by atoms with Crippen molar-refractivity contribution in [1.82, 2.24) is 4.90 Å². The molecule has 2 heterocycles. The lowest BCUT2D eigenvalue weighted by Crippen LogP contribution is -2.35. The van der Waals surface area contributed by atoms with Gasteiger partial charge in [0.2, 0.25) is 0 Å². The van der Waals surface area contributed by atoms with E-state index in [1.807, 2.05) is 18.2 Å². The number of anilines is 1. The molecule has 0 atom stereocenters. The number of carbonyl (C=O) groups excluding carboxylic acids is 2. The number of urea groups is 1. The van der Waals surface area contributed by atoms with Crippen LogP contribution < -0.4 is 5.32 Å². The van der Waals surface area contributed by atoms with Gasteiger partial charge in [0, 0.05) is 30.4 Å². The highest BCUT2D eigenvalue weighted by Gasteiger charge is 2.22. The molecule has 19 heavy (non-hydrogen) atoms. The Morgan fingerprint density at radius 3 is 2.89 bits per heavy atom. The molecule has 1 aromatic heterocycles. The average Bonchev–Trinajstić information content (AvgIpc) is 2.88. The minimum Gasteiger partial charge on any atom is -0.453 e. The number of nitrogens with one attached hydrogen (secondary N) is 1. The van der Waals surface area contributed by atoms with Crippen molar-refractivity contribution in [2.75, 3.05) is 12.4 Å². The zero-order valence-electron chi connectivity index (χ0n) is 10.3. The van der Waals surface area contributed by atoms with Crippen molar-refractivity contribution < 1.29 is 14.0 Å². The maximum Gasteiger partial charge on any atom is 0.321 e. The number of hydrogen-bond acceptors (Lipinski definition) is 3. The van der Waals surface area contributed by atoms with E-state index in [0.717, 1.165) is 16.8 Å². The normalized spacial score (nSPS) is 13.9. The summed E-state index contributed by atoms with van der Waals surface area (Å²) in [6.07, 6.45) is 0.673. The summed E-state index contributed by atoms with van der Waals surface area (Å²) in [5.74, 6) is 0.921. The van der Waals surface area contributed by atoms with Crippen LogP contribution >= 0.6 is 0 Å². The molecular weight excluding hydrogens is 244 g/mol. The molecule has 1 aliphatic rings. The van der Waals surface area contributed by atoms with Crippen LogP contribution in [0.1, 0.15) is 16.1 Å². The zero-order chi connectivity index (χ0) is 13.4. The van der Waals surface area contributed by atoms with Crippen molar-refractivity contribution in [3.63, 3.8) is 0 Å². The van der Waals surface area contributed by atoms with Crippen LogP contribution in [0.2, 0.25) is 0 Å². The molecule has 0 radical (unpaired) electrons. The molecule has 0 saturated carbocycles. The number of fused-ring (bicyclic) bond motifs is 1. The molecule has 0 saturated heterocycles. The highest BCUT2D eigenvalue weighted by atomic mass is 16.3. The summed E-state index contributed by atoms with van der Waals surface area (Å²) in [6, 6.07) is 8.88. The molecule has 5 heteroatoms. The number of aldehydes is 1. The van der Waals surface area contributed by atoms with E-state index >= 15 is 0 Å². The third kappa shape index (κ3) is 1.89. The predicted octanol–water partition coefficient (Wildman–Crippen LogP) is 2.74. The standard InChI is InChI=1S/C14H12N2O3/c1-16-7-11-10(13-6-5-9(8-17)19-13)3-2-4-12(11)15-14(16)18/h2-6,8H,7H2,1H3,(H,15,18). The molecule has 2 aromatic rings. The van der Waals surface area contributed by atoms with Gasteiger partial charge < -0.3 is 14.6 Å². The maximum absolute atomic E-state index is 11.6. The highest BCUT2D eigenvalue weighted by Crippen LogP contribution is 2.33. The zero-order valence-corrected chi connectivity index (χ0v) is 10.3. The number of amides is 2. The molecule has 1 aliphatic heterocycles. The first-order valence-corrected chi connectivity index (χ1v) is 5.88. The Kier molecular flexibility index (Phi) is 2.59. The van der Waals surface area contributed by atoms with Gasteiger partial charge in [-0.25, -0.2) is 4.79 Å². The molecule has 0 bridgehead atoms. The fourth-order valence-corrected chi connectivity index (χ4v) is 2.19. The average molecular weight is 256 g/mol. The van der Waals surface area contributed by atoms with Crippen LogP contribution in [0.25, 0.3) is 11.3 Å². The van der Waals surface area contributed by atoms with Gasteiger partial charge in [-0.1, -0.05) is 12.1 Å². The van der Waals surface area contributed by atoms with Gasteiger partial charge in [-0.3, -0.25) is 4.79 Å². The number of furan rings is 1. The summed E-state index contributed by atoms with van der Waals surface area (Å²) in [7, 11) is 1.73. The molecule has 5 nitrogen and oxygen atoms in total. The minimum absolute atomic E-state index is 0.127. The van der Waals surface area contributed by atoms with E-state index in [4.69, 9.17) is 4.42 Å². The first-order valence-electron chi connectivity index (χ1n) is 5.88. The molecule has 0 fully saturated rings. The van der Waals surface area contributed by atoms with E-state index in [0.29, 0.717) is 24.4 Å². The van der Waals surface area contributed by atoms with E-state index in [1.54, 1.807) is 24.1 Å². The van der Waals surface area contributed by atoms with Gasteiger partial charge in [0.1, 0.15) is 5.76 Å². The van der Waals surface area contributed by atoms with Gasteiger partial charge in [0.15, 0.2) is 12.0 Å². The number of benzene rings is 1. The second kappa shape index (κ2) is 4.28. The van der Waals surface area contributed by atoms with Crippen LogP contribution in [0, 0.1) is 0 Å². The van der Waals surface area contributed by atoms with Crippen molar-refractivity contribution >= 4 is 18.0 Å². The van der Waals surface area contributed by atoms with Crippen LogP contribution in [0.4, 0.5) is 10.5 Å². The molecule has 3 rings (SSSR count). The van der Waals surface area contributed by atoms with Gasteiger partial charge in [-0.15, -0.1) is 0 Å². The Bertz CT molecular complexity index is 660. The molecule has 0 aliphatic carbocycles. The first kappa shape index (κ1) is 11.5. The summed E-state index contributed by atoms with van der Waals surface area (Å²) < 4.78 is 5.45. The summed E-state index contributed by atoms with van der Waals surface area (Å²) in [4.78, 5) is 23.9. The Balaban J connectivity index is 2.10. The summed E-state index contributed by atoms with van der Waals surface area (Å²) in [6.45, 7) is 0.508. The lowest BCUT2D eigenvalue weighted by molar-refractivity contribution is 0.110. The highest BCUT2D eigenvalue weighted by molar-refractivity contribution is 5.94. The SMILES string of the molecule is CN1Cc2c(cccc2-c2ccc(C=O)o2)NC1=O. The van der Waals surface area contributed by atoms with Gasteiger partial charge in [0.25, 0.3) is 0 Å². The molecule has 0 unspecified atom stereocenters. The van der Waals surface area contributed by atoms with E-state index < -0.39 is 0 Å². The number of rotatable bonds is 2. The van der Waals surface area contributed by atoms with Crippen molar-refractivity contribution in [2.45, 2.75) is 6.54 Å². The topological polar surface area (TPSA) is 62.6 Å². The third-order valence-electron chi connectivity index (χ3n) is 3.17. The second-order valence-corrected chi connectivity index (χ2v) is 4.44. The van der Waals surface area contributed by atoms with Crippen LogP contribution in [0.15, 0.2) is 34.7 Å². The largest absolute Gasteiger partial charge is 0.453 e. The van der Waals surface area contributed by atoms with E-state index in [9.17, 15) is 9.59 Å². The van der Waals surface area contributed by atoms with Crippen molar-refractivity contribution in [3.05, 3.63) is 41.7 Å². The lowest BCUT2D eigenvalue weighted by atomic mass is 10.0. The molecule has 1 aromatic carbocycles. The van der Waals surface area contributed by atoms with Crippen LogP contribution in [0.5, 0.6) is 0 Å². The summed E-state index contributed by atoms with van der Waals surface area (Å²) in [5.41, 5.74) is 2.65. The monoisotopic (exact) mass is 256 g/mol. The van der Waals surface area contributed by atoms with Crippen LogP contribution in [-0.4, -0.2) is 24.3 Å². The first-order chi connectivity index (χ1) is 9.19. The second-order valence-electron chi connectivity index (χ2n) is 4.44. The van der Waals surface area contributed by atoms with E-state index in [1.165, 1.54) is 0 Å². The van der Waals surface area contributed by atoms with E-state index in [2.05, 4.69) is 5.32 Å². The van der Waals surface area contributed by atoms with Crippen molar-refractivity contribution in [2.24, 2.45) is 0 Å². The van der Waals surface area contributed by atoms with Crippen LogP contribution in [0.3, 0.4) is 0 Å². The van der Waals surface area contributed by atoms with Gasteiger partial charge in [0.05, 0.1) is 0 Å². The Morgan fingerprint density at radius 2 is 2.16 bits per heavy atom. The van der Waals surface area contributed by atoms with Gasteiger partial charge in [-0.05, 0) is 18.2 Å². The molecule has 96 valence electrons. The molecule has 2 amide bonds. The predicted molar refractivity (Wildman–Crippen MR) is 70.0 cm³/mol. The molecular formula is C14H12N2O3. The number of carbonyl (C=O) groups is 2. The van der Waals surface area contributed by atoms with E-state index in [-0.39, 0.29) is 6.03 Å². The molecule has 0 spiro atoms. The van der Waals surface area contributed by atoms with Gasteiger partial charge >= 0.3 is 6.03 Å². The Morgan fingerprint density at radius 1 is 1.32 bits per heavy atom. The Labute approximate surface area is 109 Å². The minimum atomic E-state index is -0.127. The van der Waals surface area contributed by atoms with Crippen molar-refractivity contribution in [1.29, 1.82) is 0 Å². The molecule has 1 N–H and O–H groups in total. The lowest BCUT2D eigenvalue weighted by Gasteiger charge is -2.27. The smallest absolute Gasteiger partial charge is 0.321 e. The fraction of sp³-hybridized carbons (Fsp3) is 0.143. The number of nitrogens with zero attached hydrogens (tertiary/aromatic N) is 1. The third-order valence-corrected chi connectivity index (χ3v) is 3.17. The number of hydrogen-bond donors (Lipinski definition) is 1. The fourth-order valence-electron chi connectivity index (χ4n) is 2.19.